The molecule has 0 atom stereocenters. The van der Waals surface area contributed by atoms with Crippen molar-refractivity contribution in [1.29, 1.82) is 0 Å². The van der Waals surface area contributed by atoms with E-state index in [9.17, 15) is 9.90 Å². The predicted molar refractivity (Wildman–Crippen MR) is 103 cm³/mol. The molecule has 0 bridgehead atoms. The van der Waals surface area contributed by atoms with Gasteiger partial charge in [0.05, 0.1) is 22.7 Å². The van der Waals surface area contributed by atoms with E-state index < -0.39 is 0 Å². The Labute approximate surface area is 158 Å². The van der Waals surface area contributed by atoms with Gasteiger partial charge in [-0.15, -0.1) is 0 Å². The maximum absolute atomic E-state index is 12.8. The van der Waals surface area contributed by atoms with Gasteiger partial charge in [0.15, 0.2) is 0 Å². The van der Waals surface area contributed by atoms with Gasteiger partial charge in [0.25, 0.3) is 5.91 Å². The van der Waals surface area contributed by atoms with Crippen LogP contribution >= 0.6 is 23.2 Å². The zero-order chi connectivity index (χ0) is 17.8. The zero-order valence-corrected chi connectivity index (χ0v) is 15.7. The largest absolute Gasteiger partial charge is 0.395 e. The molecule has 6 heteroatoms. The minimum atomic E-state index is -0.116. The van der Waals surface area contributed by atoms with E-state index in [4.69, 9.17) is 23.2 Å². The third-order valence-corrected chi connectivity index (χ3v) is 5.53. The summed E-state index contributed by atoms with van der Waals surface area (Å²) in [5, 5.41) is 14.0. The van der Waals surface area contributed by atoms with Crippen molar-refractivity contribution in [2.45, 2.75) is 45.1 Å². The Morgan fingerprint density at radius 3 is 2.60 bits per heavy atom. The van der Waals surface area contributed by atoms with Crippen molar-refractivity contribution in [2.24, 2.45) is 5.92 Å². The van der Waals surface area contributed by atoms with Gasteiger partial charge in [0, 0.05) is 29.7 Å². The normalized spacial score (nSPS) is 16.1. The number of fused-ring (bicyclic) bond motifs is 1. The topological polar surface area (TPSA) is 54.3 Å². The second-order valence-corrected chi connectivity index (χ2v) is 7.65. The first kappa shape index (κ1) is 18.6. The van der Waals surface area contributed by atoms with Crippen molar-refractivity contribution >= 4 is 40.0 Å². The van der Waals surface area contributed by atoms with Crippen LogP contribution in [0.25, 0.3) is 10.9 Å². The highest BCUT2D eigenvalue weighted by atomic mass is 35.5. The summed E-state index contributed by atoms with van der Waals surface area (Å²) >= 11 is 12.5. The number of aliphatic hydroxyl groups excluding tert-OH is 1. The average Bonchev–Trinajstić information content (AvgIpc) is 2.77. The first-order chi connectivity index (χ1) is 12.1. The van der Waals surface area contributed by atoms with Gasteiger partial charge in [-0.2, -0.15) is 0 Å². The van der Waals surface area contributed by atoms with Crippen molar-refractivity contribution < 1.29 is 9.90 Å². The van der Waals surface area contributed by atoms with E-state index in [-0.39, 0.29) is 12.5 Å². The Hall–Kier alpha value is -1.23. The lowest BCUT2D eigenvalue weighted by molar-refractivity contribution is 0.0947. The van der Waals surface area contributed by atoms with Crippen LogP contribution in [0.3, 0.4) is 0 Å². The molecule has 0 radical (unpaired) electrons. The highest BCUT2D eigenvalue weighted by molar-refractivity contribution is 6.39. The third kappa shape index (κ3) is 4.30. The summed E-state index contributed by atoms with van der Waals surface area (Å²) in [5.74, 6) is 0.442. The fourth-order valence-corrected chi connectivity index (χ4v) is 4.29. The molecule has 2 N–H and O–H groups in total. The Bertz CT molecular complexity index is 749. The van der Waals surface area contributed by atoms with Crippen molar-refractivity contribution in [3.63, 3.8) is 0 Å². The minimum Gasteiger partial charge on any atom is -0.395 e. The van der Waals surface area contributed by atoms with E-state index in [1.807, 2.05) is 4.57 Å². The van der Waals surface area contributed by atoms with Crippen LogP contribution in [0.1, 0.15) is 48.9 Å². The Morgan fingerprint density at radius 2 is 1.92 bits per heavy atom. The summed E-state index contributed by atoms with van der Waals surface area (Å²) < 4.78 is 1.83. The van der Waals surface area contributed by atoms with Crippen LogP contribution < -0.4 is 5.32 Å². The lowest BCUT2D eigenvalue weighted by Crippen LogP contribution is -2.29. The molecule has 2 aromatic rings. The summed E-state index contributed by atoms with van der Waals surface area (Å²) in [6.07, 6.45) is 9.23. The molecule has 0 saturated heterocycles. The van der Waals surface area contributed by atoms with Crippen molar-refractivity contribution in [1.82, 2.24) is 9.88 Å². The van der Waals surface area contributed by atoms with Gasteiger partial charge in [-0.1, -0.05) is 48.9 Å². The highest BCUT2D eigenvalue weighted by Crippen LogP contribution is 2.32. The van der Waals surface area contributed by atoms with Gasteiger partial charge < -0.3 is 15.0 Å². The molecule has 4 nitrogen and oxygen atoms in total. The molecule has 136 valence electrons. The molecule has 1 heterocycles. The number of rotatable bonds is 5. The van der Waals surface area contributed by atoms with Crippen LogP contribution in [0, 0.1) is 5.92 Å². The second-order valence-electron chi connectivity index (χ2n) is 6.81. The fourth-order valence-electron chi connectivity index (χ4n) is 3.71. The zero-order valence-electron chi connectivity index (χ0n) is 14.2. The molecule has 25 heavy (non-hydrogen) atoms. The molecule has 1 saturated carbocycles. The Morgan fingerprint density at radius 1 is 1.20 bits per heavy atom. The van der Waals surface area contributed by atoms with E-state index >= 15 is 0 Å². The van der Waals surface area contributed by atoms with Crippen LogP contribution in [0.5, 0.6) is 0 Å². The van der Waals surface area contributed by atoms with Crippen LogP contribution in [0.15, 0.2) is 18.3 Å². The lowest BCUT2D eigenvalue weighted by Gasteiger charge is -2.14. The highest BCUT2D eigenvalue weighted by Gasteiger charge is 2.20. The first-order valence-electron chi connectivity index (χ1n) is 8.97. The fraction of sp³-hybridized carbons (Fsp3) is 0.526. The van der Waals surface area contributed by atoms with E-state index in [1.165, 1.54) is 38.5 Å². The number of nitrogens with one attached hydrogen (secondary N) is 1. The van der Waals surface area contributed by atoms with Gasteiger partial charge in [0.2, 0.25) is 0 Å². The first-order valence-corrected chi connectivity index (χ1v) is 9.72. The average molecular weight is 383 g/mol. The third-order valence-electron chi connectivity index (χ3n) is 5.01. The number of carbonyl (C=O) groups is 1. The van der Waals surface area contributed by atoms with Crippen LogP contribution in [0.4, 0.5) is 0 Å². The molecule has 0 spiro atoms. The number of nitrogens with zero attached hydrogens (tertiary/aromatic N) is 1. The lowest BCUT2D eigenvalue weighted by atomic mass is 10.0. The summed E-state index contributed by atoms with van der Waals surface area (Å²) in [7, 11) is 0. The van der Waals surface area contributed by atoms with Crippen molar-refractivity contribution in [3.8, 4) is 0 Å². The van der Waals surface area contributed by atoms with Crippen molar-refractivity contribution in [3.05, 3.63) is 33.9 Å². The standard InChI is InChI=1S/C19H24Cl2N2O2/c20-14-9-16(21)18-15(12-23(7-8-24)17(18)10-14)19(25)22-11-13-5-3-1-2-4-6-13/h9-10,12-13,24H,1-8,11H2,(H,22,25). The van der Waals surface area contributed by atoms with Gasteiger partial charge in [-0.25, -0.2) is 0 Å². The Kier molecular flexibility index (Phi) is 6.26. The number of aromatic nitrogens is 1. The van der Waals surface area contributed by atoms with E-state index in [0.717, 1.165) is 5.52 Å². The maximum atomic E-state index is 12.8. The molecule has 0 unspecified atom stereocenters. The summed E-state index contributed by atoms with van der Waals surface area (Å²) in [6, 6.07) is 3.43. The quantitative estimate of drug-likeness (QED) is 0.739. The number of carbonyl (C=O) groups excluding carboxylic acids is 1. The van der Waals surface area contributed by atoms with E-state index in [2.05, 4.69) is 5.32 Å². The molecular weight excluding hydrogens is 359 g/mol. The second kappa shape index (κ2) is 8.43. The minimum absolute atomic E-state index is 0.0168. The number of aliphatic hydroxyl groups is 1. The smallest absolute Gasteiger partial charge is 0.253 e. The van der Waals surface area contributed by atoms with Crippen LogP contribution in [-0.4, -0.2) is 28.7 Å². The molecule has 1 aliphatic carbocycles. The number of halogens is 2. The van der Waals surface area contributed by atoms with Gasteiger partial charge >= 0.3 is 0 Å². The van der Waals surface area contributed by atoms with Gasteiger partial charge in [0.1, 0.15) is 0 Å². The van der Waals surface area contributed by atoms with Crippen LogP contribution in [-0.2, 0) is 6.54 Å². The summed E-state index contributed by atoms with van der Waals surface area (Å²) in [4.78, 5) is 12.8. The monoisotopic (exact) mass is 382 g/mol. The maximum Gasteiger partial charge on any atom is 0.253 e. The molecule has 0 aliphatic heterocycles. The van der Waals surface area contributed by atoms with E-state index in [1.54, 1.807) is 18.3 Å². The molecule has 1 aromatic heterocycles. The number of hydrogen-bond donors (Lipinski definition) is 2. The SMILES string of the molecule is O=C(NCC1CCCCCC1)c1cn(CCO)c2cc(Cl)cc(Cl)c12. The van der Waals surface area contributed by atoms with Crippen LogP contribution in [0.2, 0.25) is 10.0 Å². The number of benzene rings is 1. The van der Waals surface area contributed by atoms with Crippen molar-refractivity contribution in [2.75, 3.05) is 13.2 Å². The number of amides is 1. The Balaban J connectivity index is 1.83. The molecule has 3 rings (SSSR count). The summed E-state index contributed by atoms with van der Waals surface area (Å²) in [5.41, 5.74) is 1.31. The van der Waals surface area contributed by atoms with Gasteiger partial charge in [-0.3, -0.25) is 4.79 Å². The molecule has 1 aliphatic rings. The van der Waals surface area contributed by atoms with Gasteiger partial charge in [-0.05, 0) is 30.9 Å². The summed E-state index contributed by atoms with van der Waals surface area (Å²) in [6.45, 7) is 1.08. The molecular formula is C19H24Cl2N2O2. The molecule has 1 aromatic carbocycles. The molecule has 1 fully saturated rings. The molecule has 1 amide bonds. The van der Waals surface area contributed by atoms with E-state index in [0.29, 0.717) is 40.0 Å². The number of hydrogen-bond acceptors (Lipinski definition) is 2. The predicted octanol–water partition coefficient (Wildman–Crippen LogP) is 4.64.